The van der Waals surface area contributed by atoms with Crippen molar-refractivity contribution in [1.82, 2.24) is 19.6 Å². The average Bonchev–Trinajstić information content (AvgIpc) is 2.92. The standard InChI is InChI=1S/C15H15N5O/c21-15(17-12-7-9-16-10-8-12)6-3-5-14-19-18-13-4-1-2-11-20(13)14/h1-2,4,7-11H,3,5-6H2,(H,16,17,21). The van der Waals surface area contributed by atoms with Crippen LogP contribution in [0.15, 0.2) is 48.9 Å². The lowest BCUT2D eigenvalue weighted by atomic mass is 10.2. The van der Waals surface area contributed by atoms with E-state index in [4.69, 9.17) is 0 Å². The first-order chi connectivity index (χ1) is 10.3. The lowest BCUT2D eigenvalue weighted by Gasteiger charge is -2.04. The molecule has 0 aromatic carbocycles. The predicted octanol–water partition coefficient (Wildman–Crippen LogP) is 2.09. The van der Waals surface area contributed by atoms with E-state index in [-0.39, 0.29) is 5.91 Å². The molecule has 0 spiro atoms. The quantitative estimate of drug-likeness (QED) is 0.777. The van der Waals surface area contributed by atoms with Gasteiger partial charge >= 0.3 is 0 Å². The Morgan fingerprint density at radius 3 is 2.86 bits per heavy atom. The van der Waals surface area contributed by atoms with Gasteiger partial charge in [0, 0.05) is 37.1 Å². The first-order valence-electron chi connectivity index (χ1n) is 6.81. The van der Waals surface area contributed by atoms with Gasteiger partial charge in [-0.05, 0) is 30.7 Å². The van der Waals surface area contributed by atoms with E-state index in [1.807, 2.05) is 28.8 Å². The number of aryl methyl sites for hydroxylation is 1. The molecule has 0 bridgehead atoms. The minimum atomic E-state index is -0.00461. The minimum Gasteiger partial charge on any atom is -0.326 e. The first kappa shape index (κ1) is 13.2. The zero-order valence-electron chi connectivity index (χ0n) is 11.4. The third-order valence-electron chi connectivity index (χ3n) is 3.15. The fourth-order valence-electron chi connectivity index (χ4n) is 2.13. The highest BCUT2D eigenvalue weighted by atomic mass is 16.1. The van der Waals surface area contributed by atoms with E-state index in [1.165, 1.54) is 0 Å². The number of anilines is 1. The van der Waals surface area contributed by atoms with Crippen LogP contribution in [0.5, 0.6) is 0 Å². The third-order valence-corrected chi connectivity index (χ3v) is 3.15. The van der Waals surface area contributed by atoms with Crippen LogP contribution in [0.3, 0.4) is 0 Å². The van der Waals surface area contributed by atoms with Gasteiger partial charge in [0.25, 0.3) is 0 Å². The first-order valence-corrected chi connectivity index (χ1v) is 6.81. The maximum absolute atomic E-state index is 11.8. The Kier molecular flexibility index (Phi) is 3.86. The molecule has 0 saturated carbocycles. The molecule has 0 aliphatic rings. The number of hydrogen-bond donors (Lipinski definition) is 1. The molecule has 3 rings (SSSR count). The van der Waals surface area contributed by atoms with Gasteiger partial charge < -0.3 is 5.32 Å². The summed E-state index contributed by atoms with van der Waals surface area (Å²) >= 11 is 0. The van der Waals surface area contributed by atoms with Gasteiger partial charge in [-0.25, -0.2) is 0 Å². The molecule has 0 atom stereocenters. The average molecular weight is 281 g/mol. The van der Waals surface area contributed by atoms with E-state index in [0.29, 0.717) is 6.42 Å². The molecule has 21 heavy (non-hydrogen) atoms. The second kappa shape index (κ2) is 6.13. The topological polar surface area (TPSA) is 72.2 Å². The number of pyridine rings is 2. The number of hydrogen-bond acceptors (Lipinski definition) is 4. The molecular formula is C15H15N5O. The van der Waals surface area contributed by atoms with Crippen LogP contribution in [-0.2, 0) is 11.2 Å². The van der Waals surface area contributed by atoms with Crippen LogP contribution in [0, 0.1) is 0 Å². The summed E-state index contributed by atoms with van der Waals surface area (Å²) < 4.78 is 1.95. The van der Waals surface area contributed by atoms with Crippen molar-refractivity contribution in [2.45, 2.75) is 19.3 Å². The fourth-order valence-corrected chi connectivity index (χ4v) is 2.13. The van der Waals surface area contributed by atoms with Crippen molar-refractivity contribution in [3.8, 4) is 0 Å². The van der Waals surface area contributed by atoms with Gasteiger partial charge in [-0.15, -0.1) is 10.2 Å². The van der Waals surface area contributed by atoms with Crippen molar-refractivity contribution >= 4 is 17.2 Å². The van der Waals surface area contributed by atoms with Crippen LogP contribution in [0.25, 0.3) is 5.65 Å². The number of fused-ring (bicyclic) bond motifs is 1. The van der Waals surface area contributed by atoms with Crippen LogP contribution in [0.1, 0.15) is 18.7 Å². The molecule has 0 aliphatic carbocycles. The Labute approximate surface area is 121 Å². The van der Waals surface area contributed by atoms with Crippen molar-refractivity contribution in [1.29, 1.82) is 0 Å². The van der Waals surface area contributed by atoms with E-state index in [9.17, 15) is 4.79 Å². The summed E-state index contributed by atoms with van der Waals surface area (Å²) in [5, 5.41) is 11.1. The smallest absolute Gasteiger partial charge is 0.224 e. The SMILES string of the molecule is O=C(CCCc1nnc2ccccn12)Nc1ccncc1. The Morgan fingerprint density at radius 1 is 1.14 bits per heavy atom. The molecule has 6 heteroatoms. The Balaban J connectivity index is 1.53. The Bertz CT molecular complexity index is 738. The summed E-state index contributed by atoms with van der Waals surface area (Å²) in [6, 6.07) is 9.31. The molecule has 3 aromatic heterocycles. The summed E-state index contributed by atoms with van der Waals surface area (Å²) in [5.74, 6) is 0.873. The summed E-state index contributed by atoms with van der Waals surface area (Å²) in [7, 11) is 0. The van der Waals surface area contributed by atoms with E-state index in [0.717, 1.165) is 30.0 Å². The molecule has 0 saturated heterocycles. The van der Waals surface area contributed by atoms with Gasteiger partial charge in [0.2, 0.25) is 5.91 Å². The highest BCUT2D eigenvalue weighted by molar-refractivity contribution is 5.90. The fraction of sp³-hybridized carbons (Fsp3) is 0.200. The van der Waals surface area contributed by atoms with E-state index >= 15 is 0 Å². The second-order valence-corrected chi connectivity index (χ2v) is 4.68. The van der Waals surface area contributed by atoms with Crippen LogP contribution < -0.4 is 5.32 Å². The predicted molar refractivity (Wildman–Crippen MR) is 78.8 cm³/mol. The molecule has 3 heterocycles. The number of aromatic nitrogens is 4. The van der Waals surface area contributed by atoms with Crippen molar-refractivity contribution in [2.75, 3.05) is 5.32 Å². The highest BCUT2D eigenvalue weighted by Gasteiger charge is 2.06. The number of carbonyl (C=O) groups excluding carboxylic acids is 1. The maximum Gasteiger partial charge on any atom is 0.224 e. The summed E-state index contributed by atoms with van der Waals surface area (Å²) in [6.45, 7) is 0. The van der Waals surface area contributed by atoms with Gasteiger partial charge in [-0.3, -0.25) is 14.2 Å². The van der Waals surface area contributed by atoms with Crippen LogP contribution in [0.2, 0.25) is 0 Å². The van der Waals surface area contributed by atoms with E-state index in [2.05, 4.69) is 20.5 Å². The number of carbonyl (C=O) groups is 1. The lowest BCUT2D eigenvalue weighted by molar-refractivity contribution is -0.116. The van der Waals surface area contributed by atoms with Gasteiger partial charge in [0.1, 0.15) is 5.82 Å². The highest BCUT2D eigenvalue weighted by Crippen LogP contribution is 2.08. The molecule has 6 nitrogen and oxygen atoms in total. The van der Waals surface area contributed by atoms with Crippen LogP contribution >= 0.6 is 0 Å². The number of rotatable bonds is 5. The molecule has 0 radical (unpaired) electrons. The molecular weight excluding hydrogens is 266 g/mol. The second-order valence-electron chi connectivity index (χ2n) is 4.68. The van der Waals surface area contributed by atoms with Crippen LogP contribution in [-0.4, -0.2) is 25.5 Å². The monoisotopic (exact) mass is 281 g/mol. The van der Waals surface area contributed by atoms with Crippen molar-refractivity contribution < 1.29 is 4.79 Å². The number of nitrogens with zero attached hydrogens (tertiary/aromatic N) is 4. The van der Waals surface area contributed by atoms with Crippen molar-refractivity contribution in [2.24, 2.45) is 0 Å². The van der Waals surface area contributed by atoms with Gasteiger partial charge in [0.05, 0.1) is 0 Å². The molecule has 1 N–H and O–H groups in total. The Hall–Kier alpha value is -2.76. The third kappa shape index (κ3) is 3.22. The normalized spacial score (nSPS) is 10.7. The summed E-state index contributed by atoms with van der Waals surface area (Å²) in [4.78, 5) is 15.7. The molecule has 106 valence electrons. The largest absolute Gasteiger partial charge is 0.326 e. The Morgan fingerprint density at radius 2 is 2.00 bits per heavy atom. The summed E-state index contributed by atoms with van der Waals surface area (Å²) in [6.07, 6.45) is 7.13. The van der Waals surface area contributed by atoms with Crippen LogP contribution in [0.4, 0.5) is 5.69 Å². The molecule has 3 aromatic rings. The molecule has 0 aliphatic heterocycles. The number of amides is 1. The molecule has 0 unspecified atom stereocenters. The lowest BCUT2D eigenvalue weighted by Crippen LogP contribution is -2.11. The van der Waals surface area contributed by atoms with Crippen molar-refractivity contribution in [3.05, 3.63) is 54.7 Å². The van der Waals surface area contributed by atoms with E-state index in [1.54, 1.807) is 24.5 Å². The summed E-state index contributed by atoms with van der Waals surface area (Å²) in [5.41, 5.74) is 1.59. The maximum atomic E-state index is 11.8. The van der Waals surface area contributed by atoms with Gasteiger partial charge in [-0.1, -0.05) is 6.07 Å². The van der Waals surface area contributed by atoms with Gasteiger partial charge in [0.15, 0.2) is 5.65 Å². The number of nitrogens with one attached hydrogen (secondary N) is 1. The van der Waals surface area contributed by atoms with Gasteiger partial charge in [-0.2, -0.15) is 0 Å². The zero-order chi connectivity index (χ0) is 14.5. The molecule has 1 amide bonds. The zero-order valence-corrected chi connectivity index (χ0v) is 11.4. The van der Waals surface area contributed by atoms with E-state index < -0.39 is 0 Å². The van der Waals surface area contributed by atoms with Crippen molar-refractivity contribution in [3.63, 3.8) is 0 Å². The molecule has 0 fully saturated rings. The minimum absolute atomic E-state index is 0.00461.